The van der Waals surface area contributed by atoms with Crippen LogP contribution in [0.1, 0.15) is 17.5 Å². The van der Waals surface area contributed by atoms with Crippen molar-refractivity contribution < 1.29 is 37.4 Å². The van der Waals surface area contributed by atoms with Gasteiger partial charge in [-0.1, -0.05) is 83.5 Å². The molecule has 5 aromatic rings. The van der Waals surface area contributed by atoms with Crippen LogP contribution < -0.4 is 19.5 Å². The Hall–Kier alpha value is -5.74. The number of nitrogens with one attached hydrogen (secondary N) is 2. The minimum absolute atomic E-state index is 0.0395. The molecule has 0 saturated carbocycles. The summed E-state index contributed by atoms with van der Waals surface area (Å²) in [5.41, 5.74) is 1.29. The molecule has 0 spiro atoms. The number of hydrogen-bond acceptors (Lipinski definition) is 11. The molecular weight excluding hydrogens is 654 g/mol. The largest absolute Gasteiger partial charge is 0.481 e. The number of imidazole rings is 1. The van der Waals surface area contributed by atoms with Gasteiger partial charge in [0, 0.05) is 17.3 Å². The zero-order valence-corrected chi connectivity index (χ0v) is 26.3. The van der Waals surface area contributed by atoms with Crippen molar-refractivity contribution in [3.05, 3.63) is 107 Å². The molecule has 1 aliphatic heterocycles. The summed E-state index contributed by atoms with van der Waals surface area (Å²) in [5.74, 6) is -1.03. The summed E-state index contributed by atoms with van der Waals surface area (Å²) in [7, 11) is -1.61. The molecule has 0 atom stereocenters. The van der Waals surface area contributed by atoms with Crippen molar-refractivity contribution in [2.75, 3.05) is 19.5 Å². The topological polar surface area (TPSA) is 196 Å². The SMILES string of the molecule is COc1cc(OC)nc(NC(=O)NS(=O)(=O)c2c(Cl)nc3ccccn23)n1.O=C(O)C1=NOC(c2ccccc2)(c2ccccc2)C1. The number of ether oxygens (including phenoxy) is 2. The van der Waals surface area contributed by atoms with E-state index in [1.807, 2.05) is 65.4 Å². The molecule has 3 aromatic heterocycles. The number of carboxylic acids is 1. The normalized spacial score (nSPS) is 13.4. The number of anilines is 1. The zero-order chi connectivity index (χ0) is 33.6. The number of carboxylic acid groups (broad SMARTS) is 1. The van der Waals surface area contributed by atoms with Gasteiger partial charge in [-0.25, -0.2) is 19.3 Å². The first kappa shape index (κ1) is 32.6. The van der Waals surface area contributed by atoms with Gasteiger partial charge in [0.2, 0.25) is 17.7 Å². The minimum Gasteiger partial charge on any atom is -0.481 e. The lowest BCUT2D eigenvalue weighted by Gasteiger charge is -2.27. The summed E-state index contributed by atoms with van der Waals surface area (Å²) in [5, 5.41) is 14.4. The number of sulfonamides is 1. The molecule has 0 radical (unpaired) electrons. The van der Waals surface area contributed by atoms with Gasteiger partial charge in [0.1, 0.15) is 5.65 Å². The second-order valence-corrected chi connectivity index (χ2v) is 11.6. The summed E-state index contributed by atoms with van der Waals surface area (Å²) >= 11 is 5.93. The van der Waals surface area contributed by atoms with Gasteiger partial charge in [0.05, 0.1) is 26.7 Å². The Morgan fingerprint density at radius 2 is 1.49 bits per heavy atom. The number of fused-ring (bicyclic) bond motifs is 1. The molecule has 0 unspecified atom stereocenters. The maximum atomic E-state index is 12.6. The van der Waals surface area contributed by atoms with Crippen LogP contribution in [-0.2, 0) is 25.3 Å². The summed E-state index contributed by atoms with van der Waals surface area (Å²) in [6.07, 6.45) is 1.67. The Morgan fingerprint density at radius 3 is 2.02 bits per heavy atom. The van der Waals surface area contributed by atoms with Gasteiger partial charge in [-0.15, -0.1) is 0 Å². The molecule has 242 valence electrons. The highest BCUT2D eigenvalue weighted by Crippen LogP contribution is 2.41. The number of nitrogens with zero attached hydrogens (tertiary/aromatic N) is 5. The Morgan fingerprint density at radius 1 is 0.915 bits per heavy atom. The minimum atomic E-state index is -4.34. The van der Waals surface area contributed by atoms with E-state index in [0.717, 1.165) is 11.1 Å². The van der Waals surface area contributed by atoms with Gasteiger partial charge in [-0.05, 0) is 12.1 Å². The Labute approximate surface area is 272 Å². The molecule has 2 aromatic carbocycles. The zero-order valence-electron chi connectivity index (χ0n) is 24.7. The Balaban J connectivity index is 0.000000193. The van der Waals surface area contributed by atoms with Gasteiger partial charge < -0.3 is 19.4 Å². The molecule has 17 heteroatoms. The number of aromatic nitrogens is 4. The maximum absolute atomic E-state index is 12.6. The molecule has 47 heavy (non-hydrogen) atoms. The summed E-state index contributed by atoms with van der Waals surface area (Å²) < 4.78 is 38.1. The van der Waals surface area contributed by atoms with Gasteiger partial charge >= 0.3 is 12.0 Å². The van der Waals surface area contributed by atoms with Crippen LogP contribution in [-0.4, -0.2) is 64.8 Å². The van der Waals surface area contributed by atoms with E-state index in [4.69, 9.17) is 31.0 Å². The molecule has 1 aliphatic rings. The third kappa shape index (κ3) is 7.08. The van der Waals surface area contributed by atoms with Crippen molar-refractivity contribution in [2.24, 2.45) is 5.16 Å². The predicted molar refractivity (Wildman–Crippen MR) is 169 cm³/mol. The number of methoxy groups -OCH3 is 2. The molecule has 15 nitrogen and oxygen atoms in total. The van der Waals surface area contributed by atoms with Gasteiger partial charge in [-0.3, -0.25) is 9.72 Å². The van der Waals surface area contributed by atoms with Crippen LogP contribution in [0.2, 0.25) is 5.15 Å². The van der Waals surface area contributed by atoms with Crippen LogP contribution in [0, 0.1) is 0 Å². The second-order valence-electron chi connectivity index (χ2n) is 9.64. The van der Waals surface area contributed by atoms with Crippen LogP contribution in [0.3, 0.4) is 0 Å². The van der Waals surface area contributed by atoms with Crippen LogP contribution in [0.5, 0.6) is 11.8 Å². The molecule has 0 saturated heterocycles. The van der Waals surface area contributed by atoms with Gasteiger partial charge in [-0.2, -0.15) is 18.4 Å². The van der Waals surface area contributed by atoms with Gasteiger partial charge in [0.15, 0.2) is 21.5 Å². The summed E-state index contributed by atoms with van der Waals surface area (Å²) in [6, 6.07) is 24.3. The molecule has 3 N–H and O–H groups in total. The molecule has 0 fully saturated rings. The van der Waals surface area contributed by atoms with E-state index in [1.54, 1.807) is 18.2 Å². The van der Waals surface area contributed by atoms with Crippen LogP contribution in [0.25, 0.3) is 5.65 Å². The number of halogens is 1. The lowest BCUT2D eigenvalue weighted by Crippen LogP contribution is -2.35. The van der Waals surface area contributed by atoms with Crippen molar-refractivity contribution in [1.82, 2.24) is 24.1 Å². The van der Waals surface area contributed by atoms with E-state index in [-0.39, 0.29) is 40.0 Å². The van der Waals surface area contributed by atoms with Crippen molar-refractivity contribution in [2.45, 2.75) is 17.0 Å². The number of carbonyl (C=O) groups excluding carboxylic acids is 1. The van der Waals surface area contributed by atoms with E-state index < -0.39 is 27.6 Å². The van der Waals surface area contributed by atoms with Gasteiger partial charge in [0.25, 0.3) is 10.0 Å². The Kier molecular flexibility index (Phi) is 9.53. The average molecular weight is 680 g/mol. The number of aliphatic carboxylic acids is 1. The lowest BCUT2D eigenvalue weighted by molar-refractivity contribution is -0.129. The number of oxime groups is 1. The fourth-order valence-electron chi connectivity index (χ4n) is 4.59. The molecule has 4 heterocycles. The highest BCUT2D eigenvalue weighted by molar-refractivity contribution is 7.90. The first-order valence-corrected chi connectivity index (χ1v) is 15.5. The molecule has 0 aliphatic carbocycles. The lowest BCUT2D eigenvalue weighted by atomic mass is 9.82. The predicted octanol–water partition coefficient (Wildman–Crippen LogP) is 4.10. The fraction of sp³-hybridized carbons (Fsp3) is 0.133. The van der Waals surface area contributed by atoms with Crippen LogP contribution in [0.4, 0.5) is 10.7 Å². The Bertz CT molecular complexity index is 2000. The second kappa shape index (κ2) is 13.7. The molecular formula is C30H26ClN7O8S. The third-order valence-corrected chi connectivity index (χ3v) is 8.43. The fourth-order valence-corrected chi connectivity index (χ4v) is 6.15. The van der Waals surface area contributed by atoms with Crippen molar-refractivity contribution in [1.29, 1.82) is 0 Å². The highest BCUT2D eigenvalue weighted by Gasteiger charge is 2.44. The molecule has 6 rings (SSSR count). The highest BCUT2D eigenvalue weighted by atomic mass is 35.5. The maximum Gasteiger partial charge on any atom is 0.353 e. The first-order chi connectivity index (χ1) is 22.6. The third-order valence-electron chi connectivity index (χ3n) is 6.71. The number of pyridine rings is 1. The number of rotatable bonds is 8. The van der Waals surface area contributed by atoms with Crippen molar-refractivity contribution in [3.63, 3.8) is 0 Å². The first-order valence-electron chi connectivity index (χ1n) is 13.6. The average Bonchev–Trinajstić information content (AvgIpc) is 3.68. The van der Waals surface area contributed by atoms with E-state index in [0.29, 0.717) is 5.65 Å². The monoisotopic (exact) mass is 679 g/mol. The summed E-state index contributed by atoms with van der Waals surface area (Å²) in [6.45, 7) is 0. The van der Waals surface area contributed by atoms with Crippen LogP contribution >= 0.6 is 11.6 Å². The number of urea groups is 1. The summed E-state index contributed by atoms with van der Waals surface area (Å²) in [4.78, 5) is 40.6. The van der Waals surface area contributed by atoms with E-state index >= 15 is 0 Å². The number of carbonyl (C=O) groups is 2. The molecule has 2 amide bonds. The molecule has 0 bridgehead atoms. The van der Waals surface area contributed by atoms with E-state index in [9.17, 15) is 18.0 Å². The smallest absolute Gasteiger partial charge is 0.353 e. The van der Waals surface area contributed by atoms with Crippen molar-refractivity contribution >= 4 is 50.9 Å². The quantitative estimate of drug-likeness (QED) is 0.214. The standard InChI is InChI=1S/C16H13NO3.C14H13ClN6O5S/c18-15(19)14-11-16(20-17-14,12-7-3-1-4-8-12)13-9-5-2-6-10-13;1-25-9-7-10(26-2)18-13(17-9)19-14(22)20-27(23,24)12-11(15)16-8-5-3-4-6-21(8)12/h1-10H,11H2,(H,18,19);3-7H,1-2H3,(H2,17,18,19,20,22). The number of hydrogen-bond donors (Lipinski definition) is 3. The van der Waals surface area contributed by atoms with Crippen molar-refractivity contribution in [3.8, 4) is 11.8 Å². The van der Waals surface area contributed by atoms with Crippen LogP contribution in [0.15, 0.2) is 101 Å². The number of benzene rings is 2. The number of amides is 2. The van der Waals surface area contributed by atoms with E-state index in [1.165, 1.54) is 30.9 Å². The van der Waals surface area contributed by atoms with E-state index in [2.05, 4.69) is 25.4 Å².